The van der Waals surface area contributed by atoms with Gasteiger partial charge in [-0.3, -0.25) is 9.59 Å². The number of aliphatic carboxylic acids is 1. The van der Waals surface area contributed by atoms with Crippen molar-refractivity contribution in [3.05, 3.63) is 47.8 Å². The molecule has 0 saturated carbocycles. The lowest BCUT2D eigenvalue weighted by atomic mass is 10.0. The number of rotatable bonds is 6. The van der Waals surface area contributed by atoms with Gasteiger partial charge in [0.25, 0.3) is 11.8 Å². The van der Waals surface area contributed by atoms with Crippen LogP contribution in [0.25, 0.3) is 5.69 Å². The zero-order valence-electron chi connectivity index (χ0n) is 13.3. The van der Waals surface area contributed by atoms with E-state index in [4.69, 9.17) is 10.8 Å². The average Bonchev–Trinajstić information content (AvgIpc) is 2.98. The minimum atomic E-state index is -1.14. The second-order valence-corrected chi connectivity index (χ2v) is 5.56. The summed E-state index contributed by atoms with van der Waals surface area (Å²) in [5.41, 5.74) is 5.84. The van der Waals surface area contributed by atoms with Gasteiger partial charge in [-0.2, -0.15) is 5.10 Å². The topological polar surface area (TPSA) is 127 Å². The molecular weight excluding hydrogens is 312 g/mol. The lowest BCUT2D eigenvalue weighted by Crippen LogP contribution is -2.44. The quantitative estimate of drug-likeness (QED) is 0.722. The standard InChI is InChI=1S/C16H18N4O4/c1-9(2)13(16(23)24)18-15(22)11-8-12(14(17)21)20(19-11)10-6-4-3-5-7-10/h3-9,13H,1-2H3,(H2,17,21)(H,18,22)(H,23,24)/t13-/m1/s1. The Morgan fingerprint density at radius 1 is 1.21 bits per heavy atom. The SMILES string of the molecule is CC(C)[C@@H](NC(=O)c1cc(C(N)=O)n(-c2ccccc2)n1)C(=O)O. The molecule has 8 heteroatoms. The molecule has 1 aromatic heterocycles. The molecule has 0 bridgehead atoms. The van der Waals surface area contributed by atoms with Gasteiger partial charge in [0.1, 0.15) is 11.7 Å². The number of carbonyl (C=O) groups excluding carboxylic acids is 2. The first-order chi connectivity index (χ1) is 11.3. The normalized spacial score (nSPS) is 12.0. The lowest BCUT2D eigenvalue weighted by Gasteiger charge is -2.16. The van der Waals surface area contributed by atoms with Crippen molar-refractivity contribution in [1.82, 2.24) is 15.1 Å². The Morgan fingerprint density at radius 3 is 2.33 bits per heavy atom. The van der Waals surface area contributed by atoms with E-state index < -0.39 is 23.8 Å². The molecule has 0 unspecified atom stereocenters. The van der Waals surface area contributed by atoms with Gasteiger partial charge in [0, 0.05) is 6.07 Å². The summed E-state index contributed by atoms with van der Waals surface area (Å²) in [4.78, 5) is 35.1. The highest BCUT2D eigenvalue weighted by Gasteiger charge is 2.26. The molecule has 0 aliphatic heterocycles. The molecule has 4 N–H and O–H groups in total. The molecular formula is C16H18N4O4. The number of carbonyl (C=O) groups is 3. The van der Waals surface area contributed by atoms with Crippen LogP contribution in [0.2, 0.25) is 0 Å². The predicted molar refractivity (Wildman–Crippen MR) is 85.8 cm³/mol. The largest absolute Gasteiger partial charge is 0.480 e. The van der Waals surface area contributed by atoms with E-state index in [1.54, 1.807) is 44.2 Å². The summed E-state index contributed by atoms with van der Waals surface area (Å²) in [5.74, 6) is -2.88. The minimum Gasteiger partial charge on any atom is -0.480 e. The fourth-order valence-corrected chi connectivity index (χ4v) is 2.16. The second kappa shape index (κ2) is 6.95. The van der Waals surface area contributed by atoms with Crippen LogP contribution in [0.3, 0.4) is 0 Å². The number of para-hydroxylation sites is 1. The van der Waals surface area contributed by atoms with Crippen molar-refractivity contribution in [2.45, 2.75) is 19.9 Å². The maximum absolute atomic E-state index is 12.3. The summed E-state index contributed by atoms with van der Waals surface area (Å²) in [6, 6.07) is 8.89. The maximum Gasteiger partial charge on any atom is 0.326 e. The van der Waals surface area contributed by atoms with E-state index in [1.165, 1.54) is 10.7 Å². The first-order valence-corrected chi connectivity index (χ1v) is 7.30. The Bertz CT molecular complexity index is 768. The van der Waals surface area contributed by atoms with Crippen molar-refractivity contribution in [3.8, 4) is 5.69 Å². The Hall–Kier alpha value is -3.16. The molecule has 0 saturated heterocycles. The lowest BCUT2D eigenvalue weighted by molar-refractivity contribution is -0.140. The van der Waals surface area contributed by atoms with E-state index in [9.17, 15) is 14.4 Å². The summed E-state index contributed by atoms with van der Waals surface area (Å²) in [6.45, 7) is 3.35. The monoisotopic (exact) mass is 330 g/mol. The van der Waals surface area contributed by atoms with Crippen LogP contribution in [0.1, 0.15) is 34.8 Å². The third kappa shape index (κ3) is 3.60. The summed E-state index contributed by atoms with van der Waals surface area (Å²) in [5, 5.41) is 15.6. The second-order valence-electron chi connectivity index (χ2n) is 5.56. The molecule has 0 aliphatic rings. The Morgan fingerprint density at radius 2 is 1.83 bits per heavy atom. The first-order valence-electron chi connectivity index (χ1n) is 7.30. The van der Waals surface area contributed by atoms with Crippen molar-refractivity contribution >= 4 is 17.8 Å². The molecule has 1 atom stereocenters. The molecule has 0 fully saturated rings. The van der Waals surface area contributed by atoms with E-state index in [0.717, 1.165) is 0 Å². The fraction of sp³-hybridized carbons (Fsp3) is 0.250. The number of benzene rings is 1. The van der Waals surface area contributed by atoms with Crippen LogP contribution in [-0.4, -0.2) is 38.7 Å². The molecule has 0 radical (unpaired) electrons. The first kappa shape index (κ1) is 17.2. The number of carboxylic acid groups (broad SMARTS) is 1. The van der Waals surface area contributed by atoms with Crippen LogP contribution < -0.4 is 11.1 Å². The van der Waals surface area contributed by atoms with Gasteiger partial charge in [0.15, 0.2) is 5.69 Å². The smallest absolute Gasteiger partial charge is 0.326 e. The number of aromatic nitrogens is 2. The van der Waals surface area contributed by atoms with Crippen molar-refractivity contribution in [2.75, 3.05) is 0 Å². The van der Waals surface area contributed by atoms with Crippen molar-refractivity contribution < 1.29 is 19.5 Å². The van der Waals surface area contributed by atoms with E-state index in [2.05, 4.69) is 10.4 Å². The molecule has 2 aromatic rings. The molecule has 8 nitrogen and oxygen atoms in total. The summed E-state index contributed by atoms with van der Waals surface area (Å²) in [7, 11) is 0. The number of primary amides is 1. The highest BCUT2D eigenvalue weighted by molar-refractivity contribution is 5.99. The van der Waals surface area contributed by atoms with Crippen LogP contribution >= 0.6 is 0 Å². The van der Waals surface area contributed by atoms with Gasteiger partial charge in [0.2, 0.25) is 0 Å². The van der Waals surface area contributed by atoms with Gasteiger partial charge in [0.05, 0.1) is 5.69 Å². The third-order valence-corrected chi connectivity index (χ3v) is 3.41. The molecule has 0 aliphatic carbocycles. The van der Waals surface area contributed by atoms with E-state index in [-0.39, 0.29) is 17.3 Å². The molecule has 2 rings (SSSR count). The molecule has 2 amide bonds. The van der Waals surface area contributed by atoms with Crippen LogP contribution in [-0.2, 0) is 4.79 Å². The highest BCUT2D eigenvalue weighted by atomic mass is 16.4. The zero-order chi connectivity index (χ0) is 17.9. The van der Waals surface area contributed by atoms with Crippen molar-refractivity contribution in [1.29, 1.82) is 0 Å². The number of hydrogen-bond donors (Lipinski definition) is 3. The fourth-order valence-electron chi connectivity index (χ4n) is 2.16. The third-order valence-electron chi connectivity index (χ3n) is 3.41. The van der Waals surface area contributed by atoms with E-state index >= 15 is 0 Å². The number of carboxylic acids is 1. The highest BCUT2D eigenvalue weighted by Crippen LogP contribution is 2.13. The summed E-state index contributed by atoms with van der Waals surface area (Å²) >= 11 is 0. The van der Waals surface area contributed by atoms with E-state index in [0.29, 0.717) is 5.69 Å². The molecule has 1 heterocycles. The number of amides is 2. The summed E-state index contributed by atoms with van der Waals surface area (Å²) < 4.78 is 1.25. The summed E-state index contributed by atoms with van der Waals surface area (Å²) in [6.07, 6.45) is 0. The van der Waals surface area contributed by atoms with Gasteiger partial charge >= 0.3 is 5.97 Å². The Labute approximate surface area is 138 Å². The number of nitrogens with two attached hydrogens (primary N) is 1. The van der Waals surface area contributed by atoms with Gasteiger partial charge in [-0.25, -0.2) is 9.48 Å². The zero-order valence-corrected chi connectivity index (χ0v) is 13.3. The van der Waals surface area contributed by atoms with Crippen LogP contribution in [0.4, 0.5) is 0 Å². The molecule has 1 aromatic carbocycles. The molecule has 24 heavy (non-hydrogen) atoms. The van der Waals surface area contributed by atoms with Crippen molar-refractivity contribution in [3.63, 3.8) is 0 Å². The predicted octanol–water partition coefficient (Wildman–Crippen LogP) is 0.810. The van der Waals surface area contributed by atoms with Gasteiger partial charge in [-0.15, -0.1) is 0 Å². The Balaban J connectivity index is 2.36. The molecule has 0 spiro atoms. The van der Waals surface area contributed by atoms with Gasteiger partial charge in [-0.05, 0) is 18.1 Å². The maximum atomic E-state index is 12.3. The van der Waals surface area contributed by atoms with Crippen LogP contribution in [0.15, 0.2) is 36.4 Å². The van der Waals surface area contributed by atoms with Crippen molar-refractivity contribution in [2.24, 2.45) is 11.7 Å². The number of nitrogens with zero attached hydrogens (tertiary/aromatic N) is 2. The van der Waals surface area contributed by atoms with Gasteiger partial charge in [-0.1, -0.05) is 32.0 Å². The molecule has 126 valence electrons. The Kier molecular flexibility index (Phi) is 4.98. The van der Waals surface area contributed by atoms with Gasteiger partial charge < -0.3 is 16.2 Å². The van der Waals surface area contributed by atoms with Crippen LogP contribution in [0, 0.1) is 5.92 Å². The van der Waals surface area contributed by atoms with Crippen LogP contribution in [0.5, 0.6) is 0 Å². The average molecular weight is 330 g/mol. The number of nitrogens with one attached hydrogen (secondary N) is 1. The number of hydrogen-bond acceptors (Lipinski definition) is 4. The van der Waals surface area contributed by atoms with E-state index in [1.807, 2.05) is 0 Å². The minimum absolute atomic E-state index is 0.0303.